The van der Waals surface area contributed by atoms with Crippen molar-refractivity contribution in [2.45, 2.75) is 30.8 Å². The maximum atomic E-state index is 13.1. The smallest absolute Gasteiger partial charge is 0.352 e. The van der Waals surface area contributed by atoms with Gasteiger partial charge in [-0.15, -0.1) is 11.8 Å². The molecule has 2 aliphatic rings. The van der Waals surface area contributed by atoms with Crippen LogP contribution in [0, 0.1) is 0 Å². The van der Waals surface area contributed by atoms with Crippen LogP contribution < -0.4 is 21.0 Å². The molecule has 1 unspecified atom stereocenters. The predicted octanol–water partition coefficient (Wildman–Crippen LogP) is -0.249. The van der Waals surface area contributed by atoms with Gasteiger partial charge in [-0.3, -0.25) is 14.5 Å². The Morgan fingerprint density at radius 2 is 2.28 bits per heavy atom. The molecular weight excluding hydrogens is 508 g/mol. The van der Waals surface area contributed by atoms with Gasteiger partial charge in [0.15, 0.2) is 23.2 Å². The molecule has 0 bridgehead atoms. The Labute approximate surface area is 212 Å². The fraction of sp³-hybridized carbons (Fsp3) is 0.333. The second-order valence-electron chi connectivity index (χ2n) is 8.06. The molecule has 0 spiro atoms. The molecule has 15 heteroatoms. The number of carbonyl (C=O) groups is 3. The van der Waals surface area contributed by atoms with Gasteiger partial charge in [-0.25, -0.2) is 9.78 Å². The van der Waals surface area contributed by atoms with Crippen LogP contribution in [0.15, 0.2) is 41.9 Å². The maximum Gasteiger partial charge on any atom is 0.352 e. The summed E-state index contributed by atoms with van der Waals surface area (Å²) < 4.78 is 5.90. The van der Waals surface area contributed by atoms with Crippen LogP contribution in [0.5, 0.6) is 0 Å². The zero-order chi connectivity index (χ0) is 25.4. The van der Waals surface area contributed by atoms with Gasteiger partial charge in [0.05, 0.1) is 18.4 Å². The third kappa shape index (κ3) is 4.30. The van der Waals surface area contributed by atoms with E-state index >= 15 is 0 Å². The quantitative estimate of drug-likeness (QED) is 0.140. The summed E-state index contributed by atoms with van der Waals surface area (Å²) in [6.07, 6.45) is 4.06. The van der Waals surface area contributed by atoms with E-state index in [-0.39, 0.29) is 23.3 Å². The zero-order valence-corrected chi connectivity index (χ0v) is 20.6. The first-order valence-corrected chi connectivity index (χ1v) is 12.8. The van der Waals surface area contributed by atoms with Gasteiger partial charge < -0.3 is 21.0 Å². The second kappa shape index (κ2) is 9.85. The van der Waals surface area contributed by atoms with Gasteiger partial charge in [0.25, 0.3) is 5.91 Å². The van der Waals surface area contributed by atoms with E-state index in [9.17, 15) is 19.5 Å². The summed E-state index contributed by atoms with van der Waals surface area (Å²) in [5.41, 5.74) is 10.7. The van der Waals surface area contributed by atoms with E-state index in [4.69, 9.17) is 10.6 Å². The highest BCUT2D eigenvalue weighted by Crippen LogP contribution is 2.41. The van der Waals surface area contributed by atoms with Crippen molar-refractivity contribution >= 4 is 51.7 Å². The standard InChI is InChI=1S/C21H22N8O5S2/c1-2-34-26-13(16-25-21(22)36-27-16)17(30)24-14-18(31)29-15(20(32)33)11(9-35-19(14)29)7-10-8-23-28-6-4-3-5-12(10)28/h3-6,8,13-14,19,26H,2,7,9H2,1H3,(H4,22,24,25,27,30,32,33)/p+1/t13?,14-,19+/m1/s1. The third-order valence-electron chi connectivity index (χ3n) is 5.84. The number of hydrogen-bond acceptors (Lipinski definition) is 10. The lowest BCUT2D eigenvalue weighted by molar-refractivity contribution is -0.576. The number of rotatable bonds is 9. The van der Waals surface area contributed by atoms with Crippen molar-refractivity contribution in [3.05, 3.63) is 53.3 Å². The number of thioether (sulfide) groups is 1. The summed E-state index contributed by atoms with van der Waals surface area (Å²) in [4.78, 5) is 48.8. The van der Waals surface area contributed by atoms with Gasteiger partial charge in [0.1, 0.15) is 17.1 Å². The number of nitrogen functional groups attached to an aromatic ring is 1. The molecule has 3 aromatic rings. The molecule has 0 radical (unpaired) electrons. The number of carboxylic acid groups (broad SMARTS) is 1. The van der Waals surface area contributed by atoms with Crippen molar-refractivity contribution in [3.63, 3.8) is 0 Å². The number of amides is 2. The number of anilines is 1. The van der Waals surface area contributed by atoms with E-state index in [0.717, 1.165) is 22.6 Å². The fourth-order valence-electron chi connectivity index (χ4n) is 4.22. The van der Waals surface area contributed by atoms with Gasteiger partial charge in [-0.05, 0) is 18.6 Å². The molecule has 3 atom stereocenters. The van der Waals surface area contributed by atoms with Crippen LogP contribution in [0.25, 0.3) is 5.52 Å². The Morgan fingerprint density at radius 1 is 1.44 bits per heavy atom. The molecule has 5 heterocycles. The lowest BCUT2D eigenvalue weighted by Gasteiger charge is -2.49. The van der Waals surface area contributed by atoms with E-state index in [1.165, 1.54) is 16.7 Å². The summed E-state index contributed by atoms with van der Waals surface area (Å²) in [5.74, 6) is -1.74. The highest BCUT2D eigenvalue weighted by Gasteiger charge is 2.54. The molecule has 0 saturated carbocycles. The molecule has 1 saturated heterocycles. The molecule has 3 aromatic heterocycles. The number of β-lactam (4-membered cyclic amide) rings is 1. The first-order valence-electron chi connectivity index (χ1n) is 11.0. The number of hydroxylamine groups is 1. The van der Waals surface area contributed by atoms with E-state index in [1.807, 2.05) is 35.1 Å². The van der Waals surface area contributed by atoms with Gasteiger partial charge >= 0.3 is 5.97 Å². The molecule has 2 aliphatic heterocycles. The number of nitrogens with two attached hydrogens (primary N) is 1. The number of carboxylic acids is 1. The SMILES string of the molecule is CCONC(C(=O)N[C@@H]1C(=O)N2C(C(=O)O)=C(Cc3c[nH][n+]4ccccc34)CS[C@@H]12)c1nsc(N)n1. The second-order valence-corrected chi connectivity index (χ2v) is 9.95. The van der Waals surface area contributed by atoms with Gasteiger partial charge in [-0.1, -0.05) is 4.52 Å². The average molecular weight is 532 g/mol. The van der Waals surface area contributed by atoms with Crippen LogP contribution in [0.2, 0.25) is 0 Å². The maximum absolute atomic E-state index is 13.1. The molecule has 0 aromatic carbocycles. The monoisotopic (exact) mass is 531 g/mol. The van der Waals surface area contributed by atoms with Crippen LogP contribution in [0.3, 0.4) is 0 Å². The van der Waals surface area contributed by atoms with E-state index in [2.05, 4.69) is 25.3 Å². The molecule has 1 fully saturated rings. The third-order valence-corrected chi connectivity index (χ3v) is 7.74. The topological polar surface area (TPSA) is 180 Å². The van der Waals surface area contributed by atoms with Gasteiger partial charge in [-0.2, -0.15) is 15.0 Å². The number of carbonyl (C=O) groups excluding carboxylic acids is 2. The molecular formula is C21H23N8O5S2+. The number of pyridine rings is 1. The van der Waals surface area contributed by atoms with Crippen molar-refractivity contribution in [1.82, 2.24) is 30.2 Å². The highest BCUT2D eigenvalue weighted by atomic mass is 32.2. The van der Waals surface area contributed by atoms with Crippen molar-refractivity contribution in [1.29, 1.82) is 0 Å². The Bertz CT molecular complexity index is 1370. The predicted molar refractivity (Wildman–Crippen MR) is 129 cm³/mol. The summed E-state index contributed by atoms with van der Waals surface area (Å²) in [6.45, 7) is 2.02. The fourth-order valence-corrected chi connectivity index (χ4v) is 6.03. The highest BCUT2D eigenvalue weighted by molar-refractivity contribution is 8.00. The number of hydrogen-bond donors (Lipinski definition) is 5. The summed E-state index contributed by atoms with van der Waals surface area (Å²) in [7, 11) is 0. The molecule has 2 amide bonds. The molecule has 188 valence electrons. The Balaban J connectivity index is 1.35. The lowest BCUT2D eigenvalue weighted by Crippen LogP contribution is -2.71. The first-order chi connectivity index (χ1) is 17.4. The van der Waals surface area contributed by atoms with Crippen LogP contribution in [-0.2, 0) is 25.6 Å². The van der Waals surface area contributed by atoms with Crippen LogP contribution >= 0.6 is 23.3 Å². The van der Waals surface area contributed by atoms with E-state index < -0.39 is 35.2 Å². The number of fused-ring (bicyclic) bond motifs is 2. The molecule has 0 aliphatic carbocycles. The van der Waals surface area contributed by atoms with Crippen molar-refractivity contribution < 1.29 is 28.8 Å². The first kappa shape index (κ1) is 24.2. The largest absolute Gasteiger partial charge is 0.477 e. The summed E-state index contributed by atoms with van der Waals surface area (Å²) in [6, 6.07) is 3.74. The van der Waals surface area contributed by atoms with Crippen molar-refractivity contribution in [2.75, 3.05) is 18.1 Å². The molecule has 13 nitrogen and oxygen atoms in total. The number of aromatic nitrogens is 4. The van der Waals surface area contributed by atoms with E-state index in [1.54, 1.807) is 6.92 Å². The summed E-state index contributed by atoms with van der Waals surface area (Å²) in [5, 5.41) is 15.4. The molecule has 5 rings (SSSR count). The Morgan fingerprint density at radius 3 is 3.00 bits per heavy atom. The minimum atomic E-state index is -1.18. The average Bonchev–Trinajstić information content (AvgIpc) is 3.48. The van der Waals surface area contributed by atoms with Crippen LogP contribution in [0.1, 0.15) is 24.4 Å². The van der Waals surface area contributed by atoms with Crippen molar-refractivity contribution in [2.24, 2.45) is 0 Å². The zero-order valence-electron chi connectivity index (χ0n) is 19.0. The number of H-pyrrole nitrogens is 1. The van der Waals surface area contributed by atoms with Gasteiger partial charge in [0, 0.05) is 35.8 Å². The Hall–Kier alpha value is -3.53. The lowest BCUT2D eigenvalue weighted by atomic mass is 9.99. The number of aliphatic carboxylic acids is 1. The minimum Gasteiger partial charge on any atom is -0.477 e. The van der Waals surface area contributed by atoms with Crippen LogP contribution in [-0.4, -0.2) is 66.0 Å². The number of nitrogens with one attached hydrogen (secondary N) is 3. The normalized spacial score (nSPS) is 20.2. The van der Waals surface area contributed by atoms with Crippen molar-refractivity contribution in [3.8, 4) is 0 Å². The molecule has 36 heavy (non-hydrogen) atoms. The Kier molecular flexibility index (Phi) is 6.61. The molecule has 6 N–H and O–H groups in total. The van der Waals surface area contributed by atoms with Crippen LogP contribution in [0.4, 0.5) is 5.13 Å². The minimum absolute atomic E-state index is 0.0394. The number of nitrogens with zero attached hydrogens (tertiary/aromatic N) is 4. The van der Waals surface area contributed by atoms with E-state index in [0.29, 0.717) is 17.7 Å². The number of aromatic amines is 1. The van der Waals surface area contributed by atoms with Gasteiger partial charge in [0.2, 0.25) is 11.4 Å². The summed E-state index contributed by atoms with van der Waals surface area (Å²) >= 11 is 2.34.